The summed E-state index contributed by atoms with van der Waals surface area (Å²) in [6.45, 7) is 4.62. The fourth-order valence-electron chi connectivity index (χ4n) is 4.82. The number of carbonyl (C=O) groups is 1. The number of aromatic nitrogens is 1. The number of carbonyl (C=O) groups excluding carboxylic acids is 1. The number of para-hydroxylation sites is 2. The number of ether oxygens (including phenoxy) is 1. The Morgan fingerprint density at radius 1 is 0.886 bits per heavy atom. The summed E-state index contributed by atoms with van der Waals surface area (Å²) in [6, 6.07) is 30.0. The van der Waals surface area contributed by atoms with Gasteiger partial charge in [-0.2, -0.15) is 0 Å². The first-order chi connectivity index (χ1) is 17.1. The third kappa shape index (κ3) is 3.88. The fraction of sp³-hybridized carbons (Fsp3) is 0.133. The molecule has 0 saturated carbocycles. The van der Waals surface area contributed by atoms with Gasteiger partial charge in [-0.3, -0.25) is 9.69 Å². The van der Waals surface area contributed by atoms with Crippen LogP contribution in [0.1, 0.15) is 33.7 Å². The molecule has 1 aromatic heterocycles. The van der Waals surface area contributed by atoms with Crippen LogP contribution in [0, 0.1) is 13.8 Å². The van der Waals surface area contributed by atoms with Crippen molar-refractivity contribution in [2.24, 2.45) is 0 Å². The molecular formula is C30H24N2O2S. The molecule has 0 N–H and O–H groups in total. The molecule has 5 heteroatoms. The molecule has 0 saturated heterocycles. The second-order valence-electron chi connectivity index (χ2n) is 8.95. The molecule has 0 bridgehead atoms. The van der Waals surface area contributed by atoms with Crippen LogP contribution < -0.4 is 9.64 Å². The van der Waals surface area contributed by atoms with Gasteiger partial charge in [-0.1, -0.05) is 84.1 Å². The smallest absolute Gasteiger partial charge is 0.241 e. The number of thiazole rings is 1. The Kier molecular flexibility index (Phi) is 5.34. The van der Waals surface area contributed by atoms with E-state index in [0.29, 0.717) is 11.7 Å². The Morgan fingerprint density at radius 3 is 2.20 bits per heavy atom. The van der Waals surface area contributed by atoms with Crippen molar-refractivity contribution in [3.05, 3.63) is 119 Å². The van der Waals surface area contributed by atoms with Crippen molar-refractivity contribution < 1.29 is 9.53 Å². The fourth-order valence-corrected chi connectivity index (χ4v) is 5.84. The highest BCUT2D eigenvalue weighted by molar-refractivity contribution is 7.22. The van der Waals surface area contributed by atoms with E-state index in [1.165, 1.54) is 11.1 Å². The van der Waals surface area contributed by atoms with Crippen LogP contribution in [0.25, 0.3) is 10.2 Å². The predicted octanol–water partition coefficient (Wildman–Crippen LogP) is 7.38. The first-order valence-electron chi connectivity index (χ1n) is 11.7. The number of aryl methyl sites for hydroxylation is 2. The van der Waals surface area contributed by atoms with Crippen LogP contribution in [0.5, 0.6) is 11.5 Å². The second kappa shape index (κ2) is 8.67. The largest absolute Gasteiger partial charge is 0.457 e. The van der Waals surface area contributed by atoms with Gasteiger partial charge in [0.1, 0.15) is 11.5 Å². The number of amides is 1. The summed E-state index contributed by atoms with van der Waals surface area (Å²) in [5.74, 6) is 0.958. The topological polar surface area (TPSA) is 42.4 Å². The summed E-state index contributed by atoms with van der Waals surface area (Å²) in [4.78, 5) is 21.3. The zero-order chi connectivity index (χ0) is 23.9. The zero-order valence-corrected chi connectivity index (χ0v) is 20.4. The molecule has 0 spiro atoms. The van der Waals surface area contributed by atoms with Crippen molar-refractivity contribution in [2.45, 2.75) is 26.3 Å². The molecule has 35 heavy (non-hydrogen) atoms. The van der Waals surface area contributed by atoms with Crippen molar-refractivity contribution in [3.8, 4) is 11.5 Å². The van der Waals surface area contributed by atoms with Gasteiger partial charge in [0.25, 0.3) is 0 Å². The number of fused-ring (bicyclic) bond motifs is 3. The molecule has 2 heterocycles. The first kappa shape index (κ1) is 21.6. The lowest BCUT2D eigenvalue weighted by molar-refractivity contribution is -0.119. The van der Waals surface area contributed by atoms with Gasteiger partial charge in [0.05, 0.1) is 22.7 Å². The summed E-state index contributed by atoms with van der Waals surface area (Å²) >= 11 is 1.58. The lowest BCUT2D eigenvalue weighted by Gasteiger charge is -2.31. The minimum Gasteiger partial charge on any atom is -0.457 e. The van der Waals surface area contributed by atoms with Crippen LogP contribution in [0.15, 0.2) is 91.0 Å². The molecule has 1 aliphatic heterocycles. The maximum atomic E-state index is 14.5. The normalized spacial score (nSPS) is 12.6. The van der Waals surface area contributed by atoms with E-state index in [-0.39, 0.29) is 5.91 Å². The van der Waals surface area contributed by atoms with Gasteiger partial charge in [-0.15, -0.1) is 0 Å². The third-order valence-corrected chi connectivity index (χ3v) is 7.65. The lowest BCUT2D eigenvalue weighted by atomic mass is 9.87. The van der Waals surface area contributed by atoms with Crippen molar-refractivity contribution in [1.29, 1.82) is 0 Å². The summed E-state index contributed by atoms with van der Waals surface area (Å²) in [6.07, 6.45) is 0. The van der Waals surface area contributed by atoms with Crippen molar-refractivity contribution >= 4 is 32.6 Å². The quantitative estimate of drug-likeness (QED) is 0.272. The summed E-state index contributed by atoms with van der Waals surface area (Å²) in [5.41, 5.74) is 6.09. The molecule has 0 aliphatic carbocycles. The maximum Gasteiger partial charge on any atom is 0.241 e. The van der Waals surface area contributed by atoms with Crippen LogP contribution in [-0.4, -0.2) is 10.9 Å². The Bertz CT molecular complexity index is 1510. The van der Waals surface area contributed by atoms with Gasteiger partial charge >= 0.3 is 0 Å². The molecule has 0 radical (unpaired) electrons. The van der Waals surface area contributed by atoms with E-state index >= 15 is 0 Å². The molecule has 5 aromatic rings. The Balaban J connectivity index is 1.51. The highest BCUT2D eigenvalue weighted by Gasteiger charge is 2.36. The highest BCUT2D eigenvalue weighted by Crippen LogP contribution is 2.46. The average Bonchev–Trinajstić information content (AvgIpc) is 3.30. The number of benzene rings is 4. The molecule has 4 nitrogen and oxygen atoms in total. The first-order valence-corrected chi connectivity index (χ1v) is 12.5. The molecule has 1 amide bonds. The maximum absolute atomic E-state index is 14.5. The minimum atomic E-state index is -0.477. The van der Waals surface area contributed by atoms with E-state index in [0.717, 1.165) is 38.4 Å². The van der Waals surface area contributed by atoms with Crippen LogP contribution >= 0.6 is 11.3 Å². The van der Waals surface area contributed by atoms with E-state index < -0.39 is 5.92 Å². The van der Waals surface area contributed by atoms with E-state index in [2.05, 4.69) is 38.1 Å². The molecule has 0 fully saturated rings. The van der Waals surface area contributed by atoms with Gasteiger partial charge in [0, 0.05) is 11.1 Å². The number of hydrogen-bond acceptors (Lipinski definition) is 4. The van der Waals surface area contributed by atoms with Crippen LogP contribution in [-0.2, 0) is 11.3 Å². The van der Waals surface area contributed by atoms with E-state index in [4.69, 9.17) is 9.72 Å². The average molecular weight is 477 g/mol. The Morgan fingerprint density at radius 2 is 1.51 bits per heavy atom. The predicted molar refractivity (Wildman–Crippen MR) is 142 cm³/mol. The van der Waals surface area contributed by atoms with Crippen molar-refractivity contribution in [2.75, 3.05) is 4.90 Å². The summed E-state index contributed by atoms with van der Waals surface area (Å²) in [5, 5.41) is 0.712. The summed E-state index contributed by atoms with van der Waals surface area (Å²) in [7, 11) is 0. The van der Waals surface area contributed by atoms with Crippen LogP contribution in [0.4, 0.5) is 5.13 Å². The van der Waals surface area contributed by atoms with Gasteiger partial charge < -0.3 is 4.74 Å². The lowest BCUT2D eigenvalue weighted by Crippen LogP contribution is -2.36. The monoisotopic (exact) mass is 476 g/mol. The third-order valence-electron chi connectivity index (χ3n) is 6.42. The van der Waals surface area contributed by atoms with Crippen LogP contribution in [0.3, 0.4) is 0 Å². The molecule has 172 valence electrons. The van der Waals surface area contributed by atoms with Gasteiger partial charge in [-0.05, 0) is 48.7 Å². The Labute approximate surface area is 208 Å². The number of rotatable bonds is 4. The number of nitrogens with zero attached hydrogens (tertiary/aromatic N) is 2. The molecule has 0 unspecified atom stereocenters. The molecule has 0 atom stereocenters. The summed E-state index contributed by atoms with van der Waals surface area (Å²) < 4.78 is 7.27. The second-order valence-corrected chi connectivity index (χ2v) is 9.92. The SMILES string of the molecule is Cc1cc(C)c2sc(N(Cc3ccccc3)C(=O)C3c4ccccc4Oc4ccccc43)nc2c1. The standard InChI is InChI=1S/C30H24N2O2S/c1-19-16-20(2)28-24(17-19)31-30(35-28)32(18-21-10-4-3-5-11-21)29(33)27-22-12-6-8-14-25(22)34-26-15-9-7-13-23(26)27/h3-17,27H,18H2,1-2H3. The molecule has 1 aliphatic rings. The van der Waals surface area contributed by atoms with E-state index in [1.54, 1.807) is 11.3 Å². The zero-order valence-electron chi connectivity index (χ0n) is 19.6. The van der Waals surface area contributed by atoms with E-state index in [1.807, 2.05) is 71.6 Å². The van der Waals surface area contributed by atoms with Crippen molar-refractivity contribution in [1.82, 2.24) is 4.98 Å². The minimum absolute atomic E-state index is 0.00881. The number of anilines is 1. The van der Waals surface area contributed by atoms with Crippen molar-refractivity contribution in [3.63, 3.8) is 0 Å². The van der Waals surface area contributed by atoms with Gasteiger partial charge in [0.2, 0.25) is 5.91 Å². The van der Waals surface area contributed by atoms with Gasteiger partial charge in [0.15, 0.2) is 5.13 Å². The molecule has 6 rings (SSSR count). The molecular weight excluding hydrogens is 452 g/mol. The molecule has 4 aromatic carbocycles. The van der Waals surface area contributed by atoms with Gasteiger partial charge in [-0.25, -0.2) is 4.98 Å². The van der Waals surface area contributed by atoms with E-state index in [9.17, 15) is 4.79 Å². The Hall–Kier alpha value is -3.96. The highest BCUT2D eigenvalue weighted by atomic mass is 32.1. The van der Waals surface area contributed by atoms with Crippen LogP contribution in [0.2, 0.25) is 0 Å². The number of hydrogen-bond donors (Lipinski definition) is 0.